The topological polar surface area (TPSA) is 114 Å². The van der Waals surface area contributed by atoms with Crippen molar-refractivity contribution in [3.05, 3.63) is 52.4 Å². The van der Waals surface area contributed by atoms with Crippen LogP contribution >= 0.6 is 0 Å². The van der Waals surface area contributed by atoms with E-state index < -0.39 is 0 Å². The summed E-state index contributed by atoms with van der Waals surface area (Å²) in [6, 6.07) is 8.51. The van der Waals surface area contributed by atoms with Gasteiger partial charge in [-0.15, -0.1) is 0 Å². The second-order valence-corrected chi connectivity index (χ2v) is 10.5. The second kappa shape index (κ2) is 8.90. The Morgan fingerprint density at radius 2 is 2.06 bits per heavy atom. The molecule has 0 radical (unpaired) electrons. The molecule has 186 valence electrons. The van der Waals surface area contributed by atoms with Crippen molar-refractivity contribution in [2.45, 2.75) is 75.9 Å². The van der Waals surface area contributed by atoms with Crippen LogP contribution in [0.3, 0.4) is 0 Å². The van der Waals surface area contributed by atoms with Crippen LogP contribution in [0.15, 0.2) is 28.9 Å². The molecule has 3 aromatic rings. The van der Waals surface area contributed by atoms with Gasteiger partial charge in [-0.1, -0.05) is 11.2 Å². The standard InChI is InChI=1S/C28H32N6O2/c1-17(22-8-5-15-34(22)2)35-23-11-14-31-27(32-23)25-19-7-4-13-28(26(19)36-33-25)12-3-6-18-9-10-21(30)20(16-29)24(18)28/h9-11,14,17,22H,3-8,12-13,15,30H2,1-2H3/t17-,22-,28?/m0/s1. The Labute approximate surface area is 211 Å². The molecule has 6 rings (SSSR count). The zero-order valence-corrected chi connectivity index (χ0v) is 21.0. The third-order valence-corrected chi connectivity index (χ3v) is 8.48. The number of ether oxygens (including phenoxy) is 1. The summed E-state index contributed by atoms with van der Waals surface area (Å²) in [6.45, 7) is 3.21. The van der Waals surface area contributed by atoms with Crippen LogP contribution in [0.25, 0.3) is 11.5 Å². The number of likely N-dealkylation sites (tertiary alicyclic amines) is 1. The molecule has 0 saturated carbocycles. The summed E-state index contributed by atoms with van der Waals surface area (Å²) in [5.74, 6) is 1.92. The predicted molar refractivity (Wildman–Crippen MR) is 135 cm³/mol. The van der Waals surface area contributed by atoms with Gasteiger partial charge in [0.25, 0.3) is 0 Å². The largest absolute Gasteiger partial charge is 0.473 e. The minimum atomic E-state index is -0.386. The number of nitrogens with zero attached hydrogens (tertiary/aromatic N) is 5. The highest BCUT2D eigenvalue weighted by molar-refractivity contribution is 5.67. The smallest absolute Gasteiger partial charge is 0.217 e. The van der Waals surface area contributed by atoms with E-state index in [9.17, 15) is 5.26 Å². The number of nitrogen functional groups attached to an aromatic ring is 1. The Bertz CT molecular complexity index is 1340. The van der Waals surface area contributed by atoms with Gasteiger partial charge in [0, 0.05) is 29.6 Å². The maximum Gasteiger partial charge on any atom is 0.217 e. The van der Waals surface area contributed by atoms with Crippen LogP contribution in [0.5, 0.6) is 5.88 Å². The van der Waals surface area contributed by atoms with Crippen LogP contribution in [0.4, 0.5) is 5.69 Å². The van der Waals surface area contributed by atoms with Crippen LogP contribution in [0.1, 0.15) is 73.5 Å². The van der Waals surface area contributed by atoms with Gasteiger partial charge < -0.3 is 15.0 Å². The van der Waals surface area contributed by atoms with E-state index in [1.165, 1.54) is 12.0 Å². The molecule has 2 aromatic heterocycles. The highest BCUT2D eigenvalue weighted by atomic mass is 16.5. The average Bonchev–Trinajstić information content (AvgIpc) is 3.52. The zero-order chi connectivity index (χ0) is 24.9. The molecule has 3 heterocycles. The molecule has 8 nitrogen and oxygen atoms in total. The normalized spacial score (nSPS) is 24.2. The predicted octanol–water partition coefficient (Wildman–Crippen LogP) is 4.41. The van der Waals surface area contributed by atoms with Crippen LogP contribution in [0.2, 0.25) is 0 Å². The molecular formula is C28H32N6O2. The summed E-state index contributed by atoms with van der Waals surface area (Å²) < 4.78 is 12.4. The Morgan fingerprint density at radius 1 is 1.22 bits per heavy atom. The van der Waals surface area contributed by atoms with E-state index in [1.54, 1.807) is 6.20 Å². The molecule has 1 saturated heterocycles. The number of nitriles is 1. The van der Waals surface area contributed by atoms with E-state index in [0.29, 0.717) is 34.7 Å². The molecule has 0 bridgehead atoms. The lowest BCUT2D eigenvalue weighted by Crippen LogP contribution is -2.38. The maximum atomic E-state index is 10.0. The maximum absolute atomic E-state index is 10.0. The molecule has 3 atom stereocenters. The minimum absolute atomic E-state index is 0.0309. The number of anilines is 1. The number of benzene rings is 1. The number of fused-ring (bicyclic) bond motifs is 4. The van der Waals surface area contributed by atoms with Gasteiger partial charge in [-0.05, 0) is 89.1 Å². The lowest BCUT2D eigenvalue weighted by atomic mass is 9.61. The third-order valence-electron chi connectivity index (χ3n) is 8.48. The first-order valence-corrected chi connectivity index (χ1v) is 13.0. The molecular weight excluding hydrogens is 452 g/mol. The number of hydrogen-bond acceptors (Lipinski definition) is 8. The number of rotatable bonds is 4. The molecule has 1 unspecified atom stereocenters. The van der Waals surface area contributed by atoms with Gasteiger partial charge in [0.1, 0.15) is 12.2 Å². The van der Waals surface area contributed by atoms with Gasteiger partial charge in [-0.2, -0.15) is 10.2 Å². The fourth-order valence-corrected chi connectivity index (χ4v) is 6.81. The van der Waals surface area contributed by atoms with Crippen molar-refractivity contribution >= 4 is 5.69 Å². The highest BCUT2D eigenvalue weighted by Crippen LogP contribution is 2.53. The molecule has 1 aliphatic heterocycles. The fraction of sp³-hybridized carbons (Fsp3) is 0.500. The van der Waals surface area contributed by atoms with Crippen LogP contribution < -0.4 is 10.5 Å². The van der Waals surface area contributed by atoms with Crippen molar-refractivity contribution in [1.29, 1.82) is 5.26 Å². The number of aromatic nitrogens is 3. The number of nitrogens with two attached hydrogens (primary N) is 1. The van der Waals surface area contributed by atoms with E-state index in [2.05, 4.69) is 41.1 Å². The Balaban J connectivity index is 1.38. The summed E-state index contributed by atoms with van der Waals surface area (Å²) in [6.07, 6.45) is 9.70. The first kappa shape index (κ1) is 23.0. The van der Waals surface area contributed by atoms with Crippen LogP contribution in [-0.4, -0.2) is 45.8 Å². The van der Waals surface area contributed by atoms with Gasteiger partial charge in [0.05, 0.1) is 11.0 Å². The van der Waals surface area contributed by atoms with E-state index in [1.807, 2.05) is 12.1 Å². The minimum Gasteiger partial charge on any atom is -0.473 e. The molecule has 3 aliphatic rings. The SMILES string of the molecule is C[C@H](Oc1ccnc(-c2noc3c2CCCC32CCCc3ccc(N)c(C#N)c32)n1)[C@@H]1CCCN1C. The first-order valence-electron chi connectivity index (χ1n) is 13.0. The molecule has 2 aliphatic carbocycles. The van der Waals surface area contributed by atoms with Crippen molar-refractivity contribution in [3.63, 3.8) is 0 Å². The molecule has 8 heteroatoms. The van der Waals surface area contributed by atoms with Crippen LogP contribution in [0, 0.1) is 11.3 Å². The van der Waals surface area contributed by atoms with Crippen molar-refractivity contribution in [3.8, 4) is 23.5 Å². The molecule has 1 spiro atoms. The Kier molecular flexibility index (Phi) is 5.68. The first-order chi connectivity index (χ1) is 17.5. The van der Waals surface area contributed by atoms with E-state index in [0.717, 1.165) is 68.4 Å². The quantitative estimate of drug-likeness (QED) is 0.542. The van der Waals surface area contributed by atoms with E-state index >= 15 is 0 Å². The molecule has 0 amide bonds. The number of hydrogen-bond donors (Lipinski definition) is 1. The van der Waals surface area contributed by atoms with E-state index in [-0.39, 0.29) is 11.5 Å². The van der Waals surface area contributed by atoms with E-state index in [4.69, 9.17) is 20.0 Å². The summed E-state index contributed by atoms with van der Waals surface area (Å²) in [5.41, 5.74) is 10.9. The molecule has 1 fully saturated rings. The van der Waals surface area contributed by atoms with Crippen molar-refractivity contribution in [2.75, 3.05) is 19.3 Å². The molecule has 2 N–H and O–H groups in total. The van der Waals surface area contributed by atoms with Gasteiger partial charge in [-0.3, -0.25) is 4.90 Å². The summed E-state index contributed by atoms with van der Waals surface area (Å²) in [7, 11) is 2.15. The lowest BCUT2D eigenvalue weighted by molar-refractivity contribution is 0.117. The average molecular weight is 485 g/mol. The lowest BCUT2D eigenvalue weighted by Gasteiger charge is -2.41. The van der Waals surface area contributed by atoms with Crippen LogP contribution in [-0.2, 0) is 18.3 Å². The highest BCUT2D eigenvalue weighted by Gasteiger charge is 2.47. The monoisotopic (exact) mass is 484 g/mol. The summed E-state index contributed by atoms with van der Waals surface area (Å²) in [4.78, 5) is 11.6. The van der Waals surface area contributed by atoms with Gasteiger partial charge in [0.15, 0.2) is 17.3 Å². The Morgan fingerprint density at radius 3 is 2.83 bits per heavy atom. The fourth-order valence-electron chi connectivity index (χ4n) is 6.81. The van der Waals surface area contributed by atoms with Gasteiger partial charge >= 0.3 is 0 Å². The number of aryl methyl sites for hydroxylation is 1. The number of likely N-dealkylation sites (N-methyl/N-ethyl adjacent to an activating group) is 1. The summed E-state index contributed by atoms with van der Waals surface area (Å²) >= 11 is 0. The van der Waals surface area contributed by atoms with Crippen molar-refractivity contribution < 1.29 is 9.26 Å². The van der Waals surface area contributed by atoms with Crippen molar-refractivity contribution in [2.24, 2.45) is 0 Å². The summed E-state index contributed by atoms with van der Waals surface area (Å²) in [5, 5.41) is 14.5. The molecule has 1 aromatic carbocycles. The molecule has 36 heavy (non-hydrogen) atoms. The zero-order valence-electron chi connectivity index (χ0n) is 21.0. The second-order valence-electron chi connectivity index (χ2n) is 10.5. The van der Waals surface area contributed by atoms with Crippen molar-refractivity contribution in [1.82, 2.24) is 20.0 Å². The van der Waals surface area contributed by atoms with Gasteiger partial charge in [0.2, 0.25) is 5.88 Å². The van der Waals surface area contributed by atoms with Gasteiger partial charge in [-0.25, -0.2) is 4.98 Å². The third kappa shape index (κ3) is 3.56. The Hall–Kier alpha value is -3.44.